The first-order chi connectivity index (χ1) is 19.6. The first kappa shape index (κ1) is 27.3. The molecule has 5 nitrogen and oxygen atoms in total. The highest BCUT2D eigenvalue weighted by Gasteiger charge is 2.46. The van der Waals surface area contributed by atoms with Crippen molar-refractivity contribution in [3.8, 4) is 0 Å². The van der Waals surface area contributed by atoms with Crippen LogP contribution in [0.3, 0.4) is 0 Å². The number of hydrogen-bond acceptors (Lipinski definition) is 4. The Bertz CT molecular complexity index is 1300. The fourth-order valence-corrected chi connectivity index (χ4v) is 7.77. The molecular formula is C35H46N4O. The molecule has 1 heterocycles. The second-order valence-corrected chi connectivity index (χ2v) is 12.6. The first-order valence-electron chi connectivity index (χ1n) is 15.7. The van der Waals surface area contributed by atoms with Crippen molar-refractivity contribution in [3.05, 3.63) is 77.4 Å². The highest BCUT2D eigenvalue weighted by Crippen LogP contribution is 2.49. The highest BCUT2D eigenvalue weighted by atomic mass is 16.2. The Morgan fingerprint density at radius 1 is 0.850 bits per heavy atom. The van der Waals surface area contributed by atoms with Gasteiger partial charge in [-0.25, -0.2) is 0 Å². The fourth-order valence-electron chi connectivity index (χ4n) is 7.77. The summed E-state index contributed by atoms with van der Waals surface area (Å²) < 4.78 is 0. The van der Waals surface area contributed by atoms with Gasteiger partial charge in [-0.2, -0.15) is 0 Å². The molecule has 2 aliphatic carbocycles. The number of anilines is 1. The van der Waals surface area contributed by atoms with E-state index in [1.54, 1.807) is 0 Å². The molecule has 2 saturated carbocycles. The topological polar surface area (TPSA) is 84.4 Å². The van der Waals surface area contributed by atoms with Gasteiger partial charge in [-0.15, -0.1) is 0 Å². The lowest BCUT2D eigenvalue weighted by Crippen LogP contribution is -2.52. The van der Waals surface area contributed by atoms with Crippen LogP contribution >= 0.6 is 0 Å². The van der Waals surface area contributed by atoms with E-state index in [4.69, 9.17) is 11.5 Å². The fraction of sp³-hybridized carbons (Fsp3) is 0.514. The molecule has 0 radical (unpaired) electrons. The average molecular weight is 539 g/mol. The molecule has 1 amide bonds. The largest absolute Gasteiger partial charge is 0.354 e. The van der Waals surface area contributed by atoms with E-state index in [-0.39, 0.29) is 30.0 Å². The number of fused-ring (bicyclic) bond motifs is 2. The zero-order chi connectivity index (χ0) is 27.5. The number of amides is 1. The molecule has 6 rings (SSSR count). The second kappa shape index (κ2) is 12.3. The molecule has 5 N–H and O–H groups in total. The van der Waals surface area contributed by atoms with Crippen LogP contribution in [0.4, 0.5) is 5.69 Å². The van der Waals surface area contributed by atoms with Crippen molar-refractivity contribution in [2.75, 3.05) is 4.90 Å². The lowest BCUT2D eigenvalue weighted by molar-refractivity contribution is -0.124. The van der Waals surface area contributed by atoms with Gasteiger partial charge in [-0.05, 0) is 78.0 Å². The highest BCUT2D eigenvalue weighted by molar-refractivity contribution is 5.91. The Morgan fingerprint density at radius 3 is 2.35 bits per heavy atom. The summed E-state index contributed by atoms with van der Waals surface area (Å²) in [6.45, 7) is 1.21. The number of hydrogen-bond donors (Lipinski definition) is 3. The molecule has 3 aliphatic rings. The second-order valence-electron chi connectivity index (χ2n) is 12.6. The van der Waals surface area contributed by atoms with Crippen molar-refractivity contribution in [1.29, 1.82) is 0 Å². The summed E-state index contributed by atoms with van der Waals surface area (Å²) >= 11 is 0. The van der Waals surface area contributed by atoms with Crippen molar-refractivity contribution in [2.45, 2.75) is 108 Å². The molecule has 0 bridgehead atoms. The maximum Gasteiger partial charge on any atom is 0.243 e. The molecule has 3 aromatic rings. The van der Waals surface area contributed by atoms with Gasteiger partial charge in [0.15, 0.2) is 0 Å². The average Bonchev–Trinajstić information content (AvgIpc) is 3.27. The Morgan fingerprint density at radius 2 is 1.57 bits per heavy atom. The first-order valence-corrected chi connectivity index (χ1v) is 15.7. The molecule has 5 heteroatoms. The number of nitrogens with zero attached hydrogens (tertiary/aromatic N) is 1. The third-order valence-corrected chi connectivity index (χ3v) is 9.94. The summed E-state index contributed by atoms with van der Waals surface area (Å²) in [5.41, 5.74) is 17.3. The van der Waals surface area contributed by atoms with Gasteiger partial charge in [0, 0.05) is 36.8 Å². The molecule has 40 heavy (non-hydrogen) atoms. The summed E-state index contributed by atoms with van der Waals surface area (Å²) in [6.07, 6.45) is 12.8. The number of benzene rings is 3. The summed E-state index contributed by atoms with van der Waals surface area (Å²) in [4.78, 5) is 16.9. The van der Waals surface area contributed by atoms with Crippen LogP contribution in [0.1, 0.15) is 93.2 Å². The van der Waals surface area contributed by atoms with Crippen LogP contribution in [-0.2, 0) is 17.9 Å². The van der Waals surface area contributed by atoms with Gasteiger partial charge in [0.1, 0.15) is 6.04 Å². The molecule has 0 spiro atoms. The van der Waals surface area contributed by atoms with Crippen LogP contribution in [-0.4, -0.2) is 24.0 Å². The molecule has 212 valence electrons. The molecule has 2 unspecified atom stereocenters. The van der Waals surface area contributed by atoms with Crippen molar-refractivity contribution in [2.24, 2.45) is 17.4 Å². The predicted octanol–water partition coefficient (Wildman–Crippen LogP) is 6.52. The molecule has 2 fully saturated rings. The monoisotopic (exact) mass is 538 g/mol. The van der Waals surface area contributed by atoms with Gasteiger partial charge in [0.25, 0.3) is 0 Å². The maximum atomic E-state index is 14.5. The van der Waals surface area contributed by atoms with E-state index in [1.807, 2.05) is 0 Å². The van der Waals surface area contributed by atoms with Crippen molar-refractivity contribution in [3.63, 3.8) is 0 Å². The van der Waals surface area contributed by atoms with Gasteiger partial charge in [0.2, 0.25) is 5.91 Å². The SMILES string of the molecule is NCc1ccc2c(c1)N(Cc1cccc3ccccc13)C(C(=O)N[C@H]1CC[C@H](N)CC1)C2C1CCCCCCC1. The third kappa shape index (κ3) is 5.64. The van der Waals surface area contributed by atoms with Crippen LogP contribution in [0.25, 0.3) is 10.8 Å². The Hall–Kier alpha value is -2.89. The Labute approximate surface area is 239 Å². The summed E-state index contributed by atoms with van der Waals surface area (Å²) in [7, 11) is 0. The van der Waals surface area contributed by atoms with Gasteiger partial charge in [0.05, 0.1) is 0 Å². The van der Waals surface area contributed by atoms with E-state index < -0.39 is 0 Å². The summed E-state index contributed by atoms with van der Waals surface area (Å²) in [5.74, 6) is 0.898. The van der Waals surface area contributed by atoms with Gasteiger partial charge >= 0.3 is 0 Å². The minimum Gasteiger partial charge on any atom is -0.354 e. The van der Waals surface area contributed by atoms with E-state index in [0.717, 1.165) is 31.2 Å². The van der Waals surface area contributed by atoms with E-state index in [1.165, 1.54) is 72.5 Å². The quantitative estimate of drug-likeness (QED) is 0.334. The zero-order valence-electron chi connectivity index (χ0n) is 23.9. The normalized spacial score (nSPS) is 25.8. The minimum atomic E-state index is -0.220. The Balaban J connectivity index is 1.41. The molecule has 3 aromatic carbocycles. The number of rotatable bonds is 6. The van der Waals surface area contributed by atoms with Crippen LogP contribution in [0.5, 0.6) is 0 Å². The third-order valence-electron chi connectivity index (χ3n) is 9.94. The van der Waals surface area contributed by atoms with E-state index in [9.17, 15) is 4.79 Å². The maximum absolute atomic E-state index is 14.5. The van der Waals surface area contributed by atoms with Gasteiger partial charge in [-0.3, -0.25) is 4.79 Å². The van der Waals surface area contributed by atoms with Crippen molar-refractivity contribution in [1.82, 2.24) is 5.32 Å². The molecule has 0 aromatic heterocycles. The Kier molecular flexibility index (Phi) is 8.40. The predicted molar refractivity (Wildman–Crippen MR) is 165 cm³/mol. The summed E-state index contributed by atoms with van der Waals surface area (Å²) in [6, 6.07) is 22.2. The molecular weight excluding hydrogens is 492 g/mol. The molecule has 0 saturated heterocycles. The lowest BCUT2D eigenvalue weighted by Gasteiger charge is -2.36. The molecule has 2 atom stereocenters. The number of carbonyl (C=O) groups is 1. The minimum absolute atomic E-state index is 0.193. The standard InChI is InChI=1S/C35H46N4O/c36-22-24-15-20-31-32(21-24)39(23-27-13-8-12-25-9-6-7-14-30(25)27)34(33(31)26-10-4-2-1-3-5-11-26)35(40)38-29-18-16-28(37)17-19-29/h6-9,12-15,20-21,26,28-29,33-34H,1-5,10-11,16-19,22-23,36-37H2,(H,38,40)/t28-,29-,33?,34?. The van der Waals surface area contributed by atoms with Crippen LogP contribution in [0.15, 0.2) is 60.7 Å². The molecule has 1 aliphatic heterocycles. The van der Waals surface area contributed by atoms with E-state index in [0.29, 0.717) is 19.0 Å². The zero-order valence-corrected chi connectivity index (χ0v) is 23.9. The van der Waals surface area contributed by atoms with Crippen molar-refractivity contribution < 1.29 is 4.79 Å². The van der Waals surface area contributed by atoms with Crippen LogP contribution in [0, 0.1) is 5.92 Å². The number of nitrogens with one attached hydrogen (secondary N) is 1. The van der Waals surface area contributed by atoms with Gasteiger partial charge < -0.3 is 21.7 Å². The van der Waals surface area contributed by atoms with Gasteiger partial charge in [-0.1, -0.05) is 86.7 Å². The number of carbonyl (C=O) groups excluding carboxylic acids is 1. The lowest BCUT2D eigenvalue weighted by atomic mass is 9.75. The van der Waals surface area contributed by atoms with E-state index in [2.05, 4.69) is 70.9 Å². The van der Waals surface area contributed by atoms with Crippen LogP contribution in [0.2, 0.25) is 0 Å². The van der Waals surface area contributed by atoms with E-state index >= 15 is 0 Å². The van der Waals surface area contributed by atoms with Crippen molar-refractivity contribution >= 4 is 22.4 Å². The van der Waals surface area contributed by atoms with Crippen LogP contribution < -0.4 is 21.7 Å². The smallest absolute Gasteiger partial charge is 0.243 e. The summed E-state index contributed by atoms with van der Waals surface area (Å²) in [5, 5.41) is 6.04. The number of nitrogens with two attached hydrogens (primary N) is 2.